The van der Waals surface area contributed by atoms with Crippen molar-refractivity contribution in [3.8, 4) is 0 Å². The monoisotopic (exact) mass is 233 g/mol. The van der Waals surface area contributed by atoms with Crippen molar-refractivity contribution in [2.24, 2.45) is 0 Å². The second-order valence-electron chi connectivity index (χ2n) is 3.90. The Labute approximate surface area is 96.9 Å². The van der Waals surface area contributed by atoms with Gasteiger partial charge in [-0.15, -0.1) is 11.8 Å². The number of para-hydroxylation sites is 1. The van der Waals surface area contributed by atoms with E-state index in [1.54, 1.807) is 0 Å². The zero-order chi connectivity index (χ0) is 11.1. The van der Waals surface area contributed by atoms with E-state index in [2.05, 4.69) is 4.98 Å². The summed E-state index contributed by atoms with van der Waals surface area (Å²) in [6.45, 7) is 0. The summed E-state index contributed by atoms with van der Waals surface area (Å²) in [4.78, 5) is 14.5. The van der Waals surface area contributed by atoms with E-state index in [-0.39, 0.29) is 0 Å². The van der Waals surface area contributed by atoms with Crippen LogP contribution < -0.4 is 0 Å². The standard InChI is InChI=1S/C12H11NO2S/c14-12(15)11-10-7-3-1-2-4-8(7)13-9(10)5-6-16-11/h1-4,11,13H,5-6H2,(H,14,15). The van der Waals surface area contributed by atoms with Gasteiger partial charge in [0.1, 0.15) is 5.25 Å². The van der Waals surface area contributed by atoms with Crippen LogP contribution in [0.5, 0.6) is 0 Å². The number of H-pyrrole nitrogens is 1. The van der Waals surface area contributed by atoms with Crippen molar-refractivity contribution in [3.05, 3.63) is 35.5 Å². The van der Waals surface area contributed by atoms with Crippen molar-refractivity contribution >= 4 is 28.6 Å². The number of aromatic amines is 1. The van der Waals surface area contributed by atoms with Gasteiger partial charge in [-0.05, 0) is 18.2 Å². The van der Waals surface area contributed by atoms with Gasteiger partial charge >= 0.3 is 5.97 Å². The van der Waals surface area contributed by atoms with Gasteiger partial charge in [0.25, 0.3) is 0 Å². The molecule has 82 valence electrons. The maximum atomic E-state index is 11.2. The highest BCUT2D eigenvalue weighted by Gasteiger charge is 2.30. The molecule has 4 heteroatoms. The lowest BCUT2D eigenvalue weighted by Crippen LogP contribution is -2.15. The molecular formula is C12H11NO2S. The van der Waals surface area contributed by atoms with Gasteiger partial charge in [-0.3, -0.25) is 4.79 Å². The van der Waals surface area contributed by atoms with Crippen molar-refractivity contribution in [3.63, 3.8) is 0 Å². The number of aromatic nitrogens is 1. The quantitative estimate of drug-likeness (QED) is 0.796. The van der Waals surface area contributed by atoms with Gasteiger partial charge in [0.2, 0.25) is 0 Å². The number of hydrogen-bond donors (Lipinski definition) is 2. The zero-order valence-electron chi connectivity index (χ0n) is 8.56. The number of hydrogen-bond acceptors (Lipinski definition) is 2. The topological polar surface area (TPSA) is 53.1 Å². The summed E-state index contributed by atoms with van der Waals surface area (Å²) < 4.78 is 0. The molecule has 2 heterocycles. The Bertz CT molecular complexity index is 561. The molecule has 0 radical (unpaired) electrons. The third kappa shape index (κ3) is 1.33. The Morgan fingerprint density at radius 1 is 1.44 bits per heavy atom. The lowest BCUT2D eigenvalue weighted by molar-refractivity contribution is -0.136. The molecule has 1 aliphatic heterocycles. The van der Waals surface area contributed by atoms with Crippen molar-refractivity contribution in [2.75, 3.05) is 5.75 Å². The normalized spacial score (nSPS) is 19.6. The number of carbonyl (C=O) groups is 1. The summed E-state index contributed by atoms with van der Waals surface area (Å²) in [7, 11) is 0. The summed E-state index contributed by atoms with van der Waals surface area (Å²) in [5, 5.41) is 9.86. The van der Waals surface area contributed by atoms with Crippen LogP contribution in [0.25, 0.3) is 10.9 Å². The third-order valence-electron chi connectivity index (χ3n) is 2.95. The van der Waals surface area contributed by atoms with Crippen molar-refractivity contribution < 1.29 is 9.90 Å². The summed E-state index contributed by atoms with van der Waals surface area (Å²) >= 11 is 1.51. The number of carboxylic acid groups (broad SMARTS) is 1. The molecule has 0 fully saturated rings. The van der Waals surface area contributed by atoms with Gasteiger partial charge in [-0.1, -0.05) is 18.2 Å². The SMILES string of the molecule is O=C(O)C1SCCc2[nH]c3ccccc3c21. The summed E-state index contributed by atoms with van der Waals surface area (Å²) in [5.41, 5.74) is 3.10. The van der Waals surface area contributed by atoms with Gasteiger partial charge in [0.05, 0.1) is 0 Å². The van der Waals surface area contributed by atoms with Crippen LogP contribution in [0.1, 0.15) is 16.5 Å². The predicted octanol–water partition coefficient (Wildman–Crippen LogP) is 2.58. The maximum Gasteiger partial charge on any atom is 0.321 e. The molecule has 1 atom stereocenters. The first-order valence-electron chi connectivity index (χ1n) is 5.21. The maximum absolute atomic E-state index is 11.2. The van der Waals surface area contributed by atoms with Gasteiger partial charge in [0.15, 0.2) is 0 Å². The highest BCUT2D eigenvalue weighted by molar-refractivity contribution is 8.00. The molecule has 0 amide bonds. The van der Waals surface area contributed by atoms with Crippen molar-refractivity contribution in [1.29, 1.82) is 0 Å². The minimum atomic E-state index is -0.740. The number of rotatable bonds is 1. The van der Waals surface area contributed by atoms with Crippen LogP contribution in [0, 0.1) is 0 Å². The van der Waals surface area contributed by atoms with E-state index >= 15 is 0 Å². The van der Waals surface area contributed by atoms with Crippen LogP contribution in [0.2, 0.25) is 0 Å². The van der Waals surface area contributed by atoms with E-state index in [4.69, 9.17) is 0 Å². The van der Waals surface area contributed by atoms with Crippen LogP contribution in [0.3, 0.4) is 0 Å². The van der Waals surface area contributed by atoms with E-state index in [9.17, 15) is 9.90 Å². The van der Waals surface area contributed by atoms with Crippen LogP contribution >= 0.6 is 11.8 Å². The molecule has 16 heavy (non-hydrogen) atoms. The number of aliphatic carboxylic acids is 1. The molecule has 3 nitrogen and oxygen atoms in total. The average molecular weight is 233 g/mol. The minimum absolute atomic E-state index is 0.417. The highest BCUT2D eigenvalue weighted by Crippen LogP contribution is 2.40. The molecule has 0 saturated carbocycles. The molecule has 3 rings (SSSR count). The molecule has 0 saturated heterocycles. The predicted molar refractivity (Wildman–Crippen MR) is 64.8 cm³/mol. The molecule has 2 aromatic rings. The number of aryl methyl sites for hydroxylation is 1. The second kappa shape index (κ2) is 3.56. The highest BCUT2D eigenvalue weighted by atomic mass is 32.2. The van der Waals surface area contributed by atoms with Crippen LogP contribution in [0.15, 0.2) is 24.3 Å². The van der Waals surface area contributed by atoms with E-state index in [1.807, 2.05) is 24.3 Å². The van der Waals surface area contributed by atoms with Gasteiger partial charge in [-0.2, -0.15) is 0 Å². The molecule has 1 aromatic heterocycles. The molecule has 1 aromatic carbocycles. The largest absolute Gasteiger partial charge is 0.480 e. The fourth-order valence-corrected chi connectivity index (χ4v) is 3.41. The molecule has 0 aliphatic carbocycles. The Kier molecular flexibility index (Phi) is 2.17. The Morgan fingerprint density at radius 3 is 3.06 bits per heavy atom. The number of carboxylic acids is 1. The van der Waals surface area contributed by atoms with Gasteiger partial charge in [0, 0.05) is 22.2 Å². The van der Waals surface area contributed by atoms with E-state index < -0.39 is 11.2 Å². The van der Waals surface area contributed by atoms with E-state index in [0.29, 0.717) is 0 Å². The fourth-order valence-electron chi connectivity index (χ4n) is 2.27. The average Bonchev–Trinajstić information content (AvgIpc) is 2.66. The van der Waals surface area contributed by atoms with Crippen LogP contribution in [0.4, 0.5) is 0 Å². The molecule has 1 aliphatic rings. The number of nitrogens with one attached hydrogen (secondary N) is 1. The van der Waals surface area contributed by atoms with Gasteiger partial charge < -0.3 is 10.1 Å². The molecular weight excluding hydrogens is 222 g/mol. The number of fused-ring (bicyclic) bond motifs is 3. The summed E-state index contributed by atoms with van der Waals surface area (Å²) in [5.74, 6) is 0.132. The number of thioether (sulfide) groups is 1. The first kappa shape index (κ1) is 9.78. The first-order valence-corrected chi connectivity index (χ1v) is 6.26. The van der Waals surface area contributed by atoms with Gasteiger partial charge in [-0.25, -0.2) is 0 Å². The molecule has 2 N–H and O–H groups in total. The Morgan fingerprint density at radius 2 is 2.25 bits per heavy atom. The molecule has 0 bridgehead atoms. The minimum Gasteiger partial charge on any atom is -0.480 e. The molecule has 0 spiro atoms. The van der Waals surface area contributed by atoms with E-state index in [0.717, 1.165) is 34.3 Å². The first-order chi connectivity index (χ1) is 7.77. The van der Waals surface area contributed by atoms with E-state index in [1.165, 1.54) is 11.8 Å². The lowest BCUT2D eigenvalue weighted by Gasteiger charge is -2.18. The summed E-state index contributed by atoms with van der Waals surface area (Å²) in [6, 6.07) is 7.91. The Balaban J connectivity index is 2.28. The second-order valence-corrected chi connectivity index (χ2v) is 5.11. The molecule has 1 unspecified atom stereocenters. The van der Waals surface area contributed by atoms with Crippen molar-refractivity contribution in [1.82, 2.24) is 4.98 Å². The van der Waals surface area contributed by atoms with Crippen molar-refractivity contribution in [2.45, 2.75) is 11.7 Å². The summed E-state index contributed by atoms with van der Waals surface area (Å²) in [6.07, 6.45) is 0.929. The Hall–Kier alpha value is -1.42. The third-order valence-corrected chi connectivity index (χ3v) is 4.16. The lowest BCUT2D eigenvalue weighted by atomic mass is 10.1. The zero-order valence-corrected chi connectivity index (χ0v) is 9.38. The number of benzene rings is 1. The smallest absolute Gasteiger partial charge is 0.321 e. The fraction of sp³-hybridized carbons (Fsp3) is 0.250. The van der Waals surface area contributed by atoms with Crippen LogP contribution in [-0.4, -0.2) is 21.8 Å². The van der Waals surface area contributed by atoms with Crippen LogP contribution in [-0.2, 0) is 11.2 Å².